The van der Waals surface area contributed by atoms with Crippen LogP contribution in [0.1, 0.15) is 6.92 Å². The predicted molar refractivity (Wildman–Crippen MR) is 56.8 cm³/mol. The standard InChI is InChI=1S/C11H9NO3/c1-7(13)12-9-4-2-8-3-5-11(14)15-10(8)6-9/h2-6H,1H3,(H,12,13). The number of carbonyl (C=O) groups is 1. The lowest BCUT2D eigenvalue weighted by atomic mass is 10.2. The van der Waals surface area contributed by atoms with E-state index in [9.17, 15) is 9.59 Å². The van der Waals surface area contributed by atoms with E-state index in [1.807, 2.05) is 0 Å². The molecule has 0 saturated heterocycles. The number of amides is 1. The molecule has 0 radical (unpaired) electrons. The van der Waals surface area contributed by atoms with Gasteiger partial charge in [0, 0.05) is 30.1 Å². The van der Waals surface area contributed by atoms with Crippen molar-refractivity contribution in [2.45, 2.75) is 6.92 Å². The SMILES string of the molecule is CC(=O)Nc1ccc2ccc(=O)oc2c1. The Morgan fingerprint density at radius 3 is 2.73 bits per heavy atom. The van der Waals surface area contributed by atoms with Gasteiger partial charge in [0.2, 0.25) is 5.91 Å². The summed E-state index contributed by atoms with van der Waals surface area (Å²) in [6, 6.07) is 8.20. The Morgan fingerprint density at radius 1 is 1.27 bits per heavy atom. The van der Waals surface area contributed by atoms with Gasteiger partial charge in [-0.2, -0.15) is 0 Å². The van der Waals surface area contributed by atoms with Crippen LogP contribution in [0.25, 0.3) is 11.0 Å². The minimum absolute atomic E-state index is 0.160. The van der Waals surface area contributed by atoms with Gasteiger partial charge in [0.25, 0.3) is 0 Å². The first-order valence-corrected chi connectivity index (χ1v) is 4.47. The summed E-state index contributed by atoms with van der Waals surface area (Å²) in [5.74, 6) is -0.160. The van der Waals surface area contributed by atoms with Gasteiger partial charge in [0.05, 0.1) is 0 Å². The quantitative estimate of drug-likeness (QED) is 0.718. The van der Waals surface area contributed by atoms with Gasteiger partial charge >= 0.3 is 5.63 Å². The summed E-state index contributed by atoms with van der Waals surface area (Å²) in [6.07, 6.45) is 0. The molecule has 0 unspecified atom stereocenters. The van der Waals surface area contributed by atoms with E-state index in [0.29, 0.717) is 11.3 Å². The lowest BCUT2D eigenvalue weighted by molar-refractivity contribution is -0.114. The van der Waals surface area contributed by atoms with Crippen LogP contribution in [0.3, 0.4) is 0 Å². The average Bonchev–Trinajstić information content (AvgIpc) is 2.16. The maximum absolute atomic E-state index is 11.0. The molecule has 0 aliphatic carbocycles. The maximum Gasteiger partial charge on any atom is 0.336 e. The summed E-state index contributed by atoms with van der Waals surface area (Å²) in [7, 11) is 0. The minimum Gasteiger partial charge on any atom is -0.423 e. The Bertz CT molecular complexity index is 571. The molecule has 1 heterocycles. The molecular weight excluding hydrogens is 194 g/mol. The van der Waals surface area contributed by atoms with Crippen molar-refractivity contribution in [2.75, 3.05) is 5.32 Å². The zero-order valence-electron chi connectivity index (χ0n) is 8.11. The molecule has 4 heteroatoms. The molecule has 4 nitrogen and oxygen atoms in total. The Morgan fingerprint density at radius 2 is 2.00 bits per heavy atom. The van der Waals surface area contributed by atoms with Crippen LogP contribution in [-0.4, -0.2) is 5.91 Å². The van der Waals surface area contributed by atoms with Crippen molar-refractivity contribution in [3.05, 3.63) is 40.8 Å². The fraction of sp³-hybridized carbons (Fsp3) is 0.0909. The van der Waals surface area contributed by atoms with Crippen LogP contribution in [0, 0.1) is 0 Å². The second-order valence-corrected chi connectivity index (χ2v) is 3.19. The first kappa shape index (κ1) is 9.45. The van der Waals surface area contributed by atoms with Crippen molar-refractivity contribution >= 4 is 22.6 Å². The number of hydrogen-bond acceptors (Lipinski definition) is 3. The fourth-order valence-corrected chi connectivity index (χ4v) is 1.34. The molecule has 0 saturated carbocycles. The third-order valence-corrected chi connectivity index (χ3v) is 1.94. The highest BCUT2D eigenvalue weighted by atomic mass is 16.4. The van der Waals surface area contributed by atoms with E-state index in [0.717, 1.165) is 5.39 Å². The van der Waals surface area contributed by atoms with Crippen molar-refractivity contribution in [1.82, 2.24) is 0 Å². The molecular formula is C11H9NO3. The molecule has 0 aliphatic rings. The number of anilines is 1. The molecule has 1 N–H and O–H groups in total. The van der Waals surface area contributed by atoms with Gasteiger partial charge in [0.15, 0.2) is 0 Å². The predicted octanol–water partition coefficient (Wildman–Crippen LogP) is 1.75. The highest BCUT2D eigenvalue weighted by Crippen LogP contribution is 2.17. The Balaban J connectivity index is 2.54. The topological polar surface area (TPSA) is 59.3 Å². The molecule has 0 spiro atoms. The molecule has 0 aliphatic heterocycles. The van der Waals surface area contributed by atoms with E-state index >= 15 is 0 Å². The Labute approximate surface area is 85.5 Å². The molecule has 1 amide bonds. The van der Waals surface area contributed by atoms with Crippen molar-refractivity contribution in [3.63, 3.8) is 0 Å². The molecule has 1 aromatic carbocycles. The molecule has 2 rings (SSSR count). The minimum atomic E-state index is -0.400. The highest BCUT2D eigenvalue weighted by molar-refractivity contribution is 5.91. The molecule has 0 atom stereocenters. The van der Waals surface area contributed by atoms with Gasteiger partial charge in [-0.05, 0) is 18.2 Å². The van der Waals surface area contributed by atoms with Crippen LogP contribution in [0.15, 0.2) is 39.5 Å². The monoisotopic (exact) mass is 203 g/mol. The molecule has 0 fully saturated rings. The van der Waals surface area contributed by atoms with Crippen LogP contribution >= 0.6 is 0 Å². The van der Waals surface area contributed by atoms with E-state index in [1.165, 1.54) is 13.0 Å². The van der Waals surface area contributed by atoms with Crippen molar-refractivity contribution in [1.29, 1.82) is 0 Å². The lowest BCUT2D eigenvalue weighted by Gasteiger charge is -2.02. The van der Waals surface area contributed by atoms with Crippen molar-refractivity contribution in [2.24, 2.45) is 0 Å². The highest BCUT2D eigenvalue weighted by Gasteiger charge is 2.00. The van der Waals surface area contributed by atoms with Gasteiger partial charge in [-0.15, -0.1) is 0 Å². The molecule has 0 bridgehead atoms. The summed E-state index contributed by atoms with van der Waals surface area (Å²) < 4.78 is 4.98. The zero-order valence-corrected chi connectivity index (χ0v) is 8.11. The lowest BCUT2D eigenvalue weighted by Crippen LogP contribution is -2.05. The van der Waals surface area contributed by atoms with Crippen molar-refractivity contribution in [3.8, 4) is 0 Å². The molecule has 2 aromatic rings. The van der Waals surface area contributed by atoms with Gasteiger partial charge < -0.3 is 9.73 Å². The van der Waals surface area contributed by atoms with Gasteiger partial charge in [0.1, 0.15) is 5.58 Å². The van der Waals surface area contributed by atoms with Crippen LogP contribution in [-0.2, 0) is 4.79 Å². The molecule has 1 aromatic heterocycles. The van der Waals surface area contributed by atoms with E-state index < -0.39 is 5.63 Å². The van der Waals surface area contributed by atoms with Crippen LogP contribution in [0.2, 0.25) is 0 Å². The van der Waals surface area contributed by atoms with Gasteiger partial charge in [-0.1, -0.05) is 0 Å². The number of hydrogen-bond donors (Lipinski definition) is 1. The van der Waals surface area contributed by atoms with Crippen LogP contribution < -0.4 is 10.9 Å². The first-order chi connectivity index (χ1) is 7.15. The third kappa shape index (κ3) is 2.04. The second kappa shape index (κ2) is 3.57. The van der Waals surface area contributed by atoms with Gasteiger partial charge in [-0.3, -0.25) is 4.79 Å². The van der Waals surface area contributed by atoms with Crippen LogP contribution in [0.4, 0.5) is 5.69 Å². The first-order valence-electron chi connectivity index (χ1n) is 4.47. The fourth-order valence-electron chi connectivity index (χ4n) is 1.34. The summed E-state index contributed by atoms with van der Waals surface area (Å²) >= 11 is 0. The molecule has 76 valence electrons. The number of nitrogens with one attached hydrogen (secondary N) is 1. The van der Waals surface area contributed by atoms with E-state index in [2.05, 4.69) is 5.32 Å². The van der Waals surface area contributed by atoms with E-state index in [4.69, 9.17) is 4.42 Å². The number of rotatable bonds is 1. The van der Waals surface area contributed by atoms with E-state index in [1.54, 1.807) is 24.3 Å². The van der Waals surface area contributed by atoms with Crippen molar-refractivity contribution < 1.29 is 9.21 Å². The summed E-state index contributed by atoms with van der Waals surface area (Å²) in [5, 5.41) is 3.44. The Kier molecular flexibility index (Phi) is 2.25. The van der Waals surface area contributed by atoms with Crippen LogP contribution in [0.5, 0.6) is 0 Å². The number of fused-ring (bicyclic) bond motifs is 1. The summed E-state index contributed by atoms with van der Waals surface area (Å²) in [5.41, 5.74) is 0.681. The van der Waals surface area contributed by atoms with Gasteiger partial charge in [-0.25, -0.2) is 4.79 Å². The summed E-state index contributed by atoms with van der Waals surface area (Å²) in [6.45, 7) is 1.42. The third-order valence-electron chi connectivity index (χ3n) is 1.94. The number of carbonyl (C=O) groups excluding carboxylic acids is 1. The maximum atomic E-state index is 11.0. The smallest absolute Gasteiger partial charge is 0.336 e. The second-order valence-electron chi connectivity index (χ2n) is 3.19. The normalized spacial score (nSPS) is 10.2. The summed E-state index contributed by atoms with van der Waals surface area (Å²) in [4.78, 5) is 21.8. The average molecular weight is 203 g/mol. The van der Waals surface area contributed by atoms with E-state index in [-0.39, 0.29) is 5.91 Å². The largest absolute Gasteiger partial charge is 0.423 e. The number of benzene rings is 1. The molecule has 15 heavy (non-hydrogen) atoms. The Hall–Kier alpha value is -2.10. The zero-order chi connectivity index (χ0) is 10.8.